The molecule has 1 atom stereocenters. The Kier molecular flexibility index (Phi) is 3.72. The molecule has 0 heterocycles. The van der Waals surface area contributed by atoms with Gasteiger partial charge in [0.2, 0.25) is 10.0 Å². The van der Waals surface area contributed by atoms with Crippen molar-refractivity contribution in [3.8, 4) is 0 Å². The van der Waals surface area contributed by atoms with Crippen molar-refractivity contribution in [3.05, 3.63) is 0 Å². The topological polar surface area (TPSA) is 87.2 Å². The normalized spacial score (nSPS) is 19.1. The van der Waals surface area contributed by atoms with Crippen molar-refractivity contribution in [1.82, 2.24) is 4.31 Å². The van der Waals surface area contributed by atoms with Gasteiger partial charge in [0.25, 0.3) is 0 Å². The summed E-state index contributed by atoms with van der Waals surface area (Å²) in [5.74, 6) is 0.615. The van der Waals surface area contributed by atoms with Gasteiger partial charge in [-0.25, -0.2) is 12.7 Å². The summed E-state index contributed by atoms with van der Waals surface area (Å²) in [6.45, 7) is 1.77. The Bertz CT molecular complexity index is 335. The summed E-state index contributed by atoms with van der Waals surface area (Å²) >= 11 is 0. The standard InChI is InChI=1S/C9H19N3O2S/c1-7(5-9(10)11)12(2)15(13,14)6-8-3-4-8/h7-8H,3-6H2,1-2H3,(H3,10,11). The maximum Gasteiger partial charge on any atom is 0.214 e. The van der Waals surface area contributed by atoms with Crippen molar-refractivity contribution in [2.75, 3.05) is 12.8 Å². The van der Waals surface area contributed by atoms with Gasteiger partial charge in [0, 0.05) is 19.5 Å². The quantitative estimate of drug-likeness (QED) is 0.513. The fourth-order valence-corrected chi connectivity index (χ4v) is 3.21. The highest BCUT2D eigenvalue weighted by Gasteiger charge is 2.32. The van der Waals surface area contributed by atoms with E-state index in [-0.39, 0.29) is 17.6 Å². The van der Waals surface area contributed by atoms with Crippen molar-refractivity contribution in [1.29, 1.82) is 5.41 Å². The van der Waals surface area contributed by atoms with Crippen LogP contribution in [0.1, 0.15) is 26.2 Å². The molecule has 0 aromatic rings. The summed E-state index contributed by atoms with van der Waals surface area (Å²) < 4.78 is 25.0. The van der Waals surface area contributed by atoms with E-state index in [0.717, 1.165) is 12.8 Å². The highest BCUT2D eigenvalue weighted by atomic mass is 32.2. The molecule has 3 N–H and O–H groups in total. The van der Waals surface area contributed by atoms with Crippen LogP contribution in [0, 0.1) is 11.3 Å². The van der Waals surface area contributed by atoms with Crippen molar-refractivity contribution < 1.29 is 8.42 Å². The predicted octanol–water partition coefficient (Wildman–Crippen LogP) is 0.373. The maximum atomic E-state index is 11.8. The first kappa shape index (κ1) is 12.4. The summed E-state index contributed by atoms with van der Waals surface area (Å²) in [6.07, 6.45) is 2.34. The zero-order valence-corrected chi connectivity index (χ0v) is 10.0. The average Bonchev–Trinajstić information content (AvgIpc) is 2.84. The zero-order valence-electron chi connectivity index (χ0n) is 9.23. The fraction of sp³-hybridized carbons (Fsp3) is 0.889. The van der Waals surface area contributed by atoms with E-state index >= 15 is 0 Å². The van der Waals surface area contributed by atoms with Crippen molar-refractivity contribution in [2.24, 2.45) is 11.7 Å². The molecule has 0 aromatic carbocycles. The van der Waals surface area contributed by atoms with Crippen LogP contribution in [-0.2, 0) is 10.0 Å². The lowest BCUT2D eigenvalue weighted by Crippen LogP contribution is -2.39. The summed E-state index contributed by atoms with van der Waals surface area (Å²) in [7, 11) is -1.60. The number of amidine groups is 1. The van der Waals surface area contributed by atoms with Crippen LogP contribution in [0.5, 0.6) is 0 Å². The van der Waals surface area contributed by atoms with Gasteiger partial charge in [-0.1, -0.05) is 0 Å². The van der Waals surface area contributed by atoms with E-state index in [4.69, 9.17) is 11.1 Å². The molecule has 88 valence electrons. The lowest BCUT2D eigenvalue weighted by molar-refractivity contribution is 0.394. The third-order valence-electron chi connectivity index (χ3n) is 2.72. The van der Waals surface area contributed by atoms with Crippen molar-refractivity contribution in [2.45, 2.75) is 32.2 Å². The van der Waals surface area contributed by atoms with Gasteiger partial charge in [0.05, 0.1) is 11.6 Å². The Hall–Kier alpha value is -0.620. The van der Waals surface area contributed by atoms with Crippen LogP contribution in [-0.4, -0.2) is 37.4 Å². The Labute approximate surface area is 91.2 Å². The number of hydrogen-bond donors (Lipinski definition) is 2. The molecule has 6 heteroatoms. The Morgan fingerprint density at radius 1 is 1.60 bits per heavy atom. The minimum absolute atomic E-state index is 0.0240. The second-order valence-corrected chi connectivity index (χ2v) is 6.39. The van der Waals surface area contributed by atoms with Gasteiger partial charge in [-0.2, -0.15) is 0 Å². The van der Waals surface area contributed by atoms with Gasteiger partial charge in [0.15, 0.2) is 0 Å². The van der Waals surface area contributed by atoms with E-state index in [0.29, 0.717) is 12.3 Å². The van der Waals surface area contributed by atoms with E-state index in [1.54, 1.807) is 14.0 Å². The average molecular weight is 233 g/mol. The van der Waals surface area contributed by atoms with Crippen LogP contribution in [0.25, 0.3) is 0 Å². The maximum absolute atomic E-state index is 11.8. The highest BCUT2D eigenvalue weighted by Crippen LogP contribution is 2.31. The van der Waals surface area contributed by atoms with E-state index in [1.807, 2.05) is 0 Å². The van der Waals surface area contributed by atoms with Gasteiger partial charge in [-0.3, -0.25) is 5.41 Å². The van der Waals surface area contributed by atoms with Gasteiger partial charge < -0.3 is 5.73 Å². The minimum atomic E-state index is -3.16. The summed E-state index contributed by atoms with van der Waals surface area (Å²) in [6, 6.07) is -0.230. The van der Waals surface area contributed by atoms with Crippen LogP contribution in [0.4, 0.5) is 0 Å². The summed E-state index contributed by atoms with van der Waals surface area (Å²) in [5.41, 5.74) is 5.25. The van der Waals surface area contributed by atoms with Gasteiger partial charge >= 0.3 is 0 Å². The Morgan fingerprint density at radius 3 is 2.53 bits per heavy atom. The SMILES string of the molecule is CC(CC(=N)N)N(C)S(=O)(=O)CC1CC1. The molecule has 1 aliphatic rings. The third kappa shape index (κ3) is 3.79. The van der Waals surface area contributed by atoms with Crippen LogP contribution >= 0.6 is 0 Å². The van der Waals surface area contributed by atoms with Crippen molar-refractivity contribution in [3.63, 3.8) is 0 Å². The van der Waals surface area contributed by atoms with Gasteiger partial charge in [-0.05, 0) is 25.7 Å². The number of sulfonamides is 1. The monoisotopic (exact) mass is 233 g/mol. The molecule has 0 aromatic heterocycles. The molecule has 1 saturated carbocycles. The summed E-state index contributed by atoms with van der Waals surface area (Å²) in [5, 5.41) is 7.13. The second kappa shape index (κ2) is 4.49. The Balaban J connectivity index is 2.56. The smallest absolute Gasteiger partial charge is 0.214 e. The molecular weight excluding hydrogens is 214 g/mol. The number of hydrogen-bond acceptors (Lipinski definition) is 3. The Morgan fingerprint density at radius 2 is 2.13 bits per heavy atom. The summed E-state index contributed by atoms with van der Waals surface area (Å²) in [4.78, 5) is 0. The molecule has 0 amide bonds. The third-order valence-corrected chi connectivity index (χ3v) is 4.85. The number of rotatable bonds is 6. The molecule has 1 rings (SSSR count). The molecule has 1 aliphatic carbocycles. The first-order valence-corrected chi connectivity index (χ1v) is 6.72. The number of nitrogens with one attached hydrogen (secondary N) is 1. The number of nitrogens with two attached hydrogens (primary N) is 1. The largest absolute Gasteiger partial charge is 0.388 e. The van der Waals surface area contributed by atoms with Crippen LogP contribution < -0.4 is 5.73 Å². The van der Waals surface area contributed by atoms with Crippen LogP contribution in [0.15, 0.2) is 0 Å². The lowest BCUT2D eigenvalue weighted by Gasteiger charge is -2.23. The van der Waals surface area contributed by atoms with E-state index in [2.05, 4.69) is 0 Å². The van der Waals surface area contributed by atoms with Gasteiger partial charge in [0.1, 0.15) is 0 Å². The van der Waals surface area contributed by atoms with Crippen molar-refractivity contribution >= 4 is 15.9 Å². The first-order chi connectivity index (χ1) is 6.83. The molecule has 0 bridgehead atoms. The minimum Gasteiger partial charge on any atom is -0.388 e. The zero-order chi connectivity index (χ0) is 11.6. The molecule has 0 spiro atoms. The van der Waals surface area contributed by atoms with E-state index in [1.165, 1.54) is 4.31 Å². The molecule has 0 radical (unpaired) electrons. The predicted molar refractivity (Wildman–Crippen MR) is 60.3 cm³/mol. The molecule has 1 fully saturated rings. The number of nitrogens with zero attached hydrogens (tertiary/aromatic N) is 1. The highest BCUT2D eigenvalue weighted by molar-refractivity contribution is 7.89. The van der Waals surface area contributed by atoms with Gasteiger partial charge in [-0.15, -0.1) is 0 Å². The molecule has 0 saturated heterocycles. The van der Waals surface area contributed by atoms with Crippen LogP contribution in [0.3, 0.4) is 0 Å². The fourth-order valence-electron chi connectivity index (χ4n) is 1.42. The molecule has 1 unspecified atom stereocenters. The molecule has 5 nitrogen and oxygen atoms in total. The van der Waals surface area contributed by atoms with Crippen LogP contribution in [0.2, 0.25) is 0 Å². The molecule has 15 heavy (non-hydrogen) atoms. The van der Waals surface area contributed by atoms with E-state index < -0.39 is 10.0 Å². The second-order valence-electron chi connectivity index (χ2n) is 4.32. The first-order valence-electron chi connectivity index (χ1n) is 5.11. The van der Waals surface area contributed by atoms with E-state index in [9.17, 15) is 8.42 Å². The molecule has 0 aliphatic heterocycles. The lowest BCUT2D eigenvalue weighted by atomic mass is 10.2. The molecular formula is C9H19N3O2S.